The molecule has 0 saturated carbocycles. The lowest BCUT2D eigenvalue weighted by Crippen LogP contribution is -2.67. The van der Waals surface area contributed by atoms with Crippen molar-refractivity contribution in [3.63, 3.8) is 0 Å². The molecule has 2 unspecified atom stereocenters. The first-order valence-corrected chi connectivity index (χ1v) is 13.0. The number of rotatable bonds is 3. The van der Waals surface area contributed by atoms with Crippen molar-refractivity contribution in [1.82, 2.24) is 14.5 Å². The van der Waals surface area contributed by atoms with Crippen LogP contribution in [0, 0.1) is 0 Å². The molecule has 0 aliphatic carbocycles. The first-order valence-electron chi connectivity index (χ1n) is 11.4. The molecule has 3 aromatic carbocycles. The standard InChI is InChI=1S/C27H22BrN5O2S/c1-31-25(35)32(2)27(20-11-7-4-8-12-20)26(31,19-9-5-3-6-10-19)29-24-33(30-27)23(34)22(36-24)17-18-13-15-21(28)16-14-18/h3-17,30H,1-2H3/b22-17+. The highest BCUT2D eigenvalue weighted by Crippen LogP contribution is 2.53. The maximum Gasteiger partial charge on any atom is 0.324 e. The largest absolute Gasteiger partial charge is 0.324 e. The lowest BCUT2D eigenvalue weighted by molar-refractivity contribution is 0.0648. The number of nitrogens with one attached hydrogen (secondary N) is 1. The molecule has 2 aliphatic rings. The number of hydrogen-bond donors (Lipinski definition) is 1. The van der Waals surface area contributed by atoms with Crippen LogP contribution in [0.15, 0.2) is 99.2 Å². The zero-order valence-electron chi connectivity index (χ0n) is 19.6. The van der Waals surface area contributed by atoms with Crippen LogP contribution in [0.5, 0.6) is 0 Å². The molecule has 1 saturated heterocycles. The number of hydrogen-bond acceptors (Lipinski definition) is 5. The van der Waals surface area contributed by atoms with E-state index in [0.717, 1.165) is 21.2 Å². The molecular formula is C27H22BrN5O2S. The van der Waals surface area contributed by atoms with E-state index in [-0.39, 0.29) is 11.6 Å². The van der Waals surface area contributed by atoms with E-state index in [1.807, 2.05) is 91.0 Å². The number of likely N-dealkylation sites (N-methyl/N-ethyl adjacent to an activating group) is 2. The molecule has 180 valence electrons. The molecule has 6 rings (SSSR count). The van der Waals surface area contributed by atoms with E-state index in [9.17, 15) is 9.59 Å². The summed E-state index contributed by atoms with van der Waals surface area (Å²) < 4.78 is 3.00. The van der Waals surface area contributed by atoms with E-state index >= 15 is 0 Å². The normalized spacial score (nSPS) is 23.2. The predicted molar refractivity (Wildman–Crippen MR) is 144 cm³/mol. The van der Waals surface area contributed by atoms with Gasteiger partial charge in [0.25, 0.3) is 5.56 Å². The Bertz CT molecular complexity index is 1650. The van der Waals surface area contributed by atoms with Gasteiger partial charge in [-0.25, -0.2) is 9.79 Å². The summed E-state index contributed by atoms with van der Waals surface area (Å²) in [5.74, 6) is 0. The molecule has 2 amide bonds. The minimum atomic E-state index is -1.17. The van der Waals surface area contributed by atoms with Gasteiger partial charge in [0, 0.05) is 29.7 Å². The minimum absolute atomic E-state index is 0.205. The monoisotopic (exact) mass is 559 g/mol. The second-order valence-corrected chi connectivity index (χ2v) is 10.7. The smallest absolute Gasteiger partial charge is 0.295 e. The van der Waals surface area contributed by atoms with E-state index in [0.29, 0.717) is 9.33 Å². The second kappa shape index (κ2) is 8.18. The highest BCUT2D eigenvalue weighted by molar-refractivity contribution is 9.10. The number of halogens is 1. The number of nitrogens with zero attached hydrogens (tertiary/aromatic N) is 4. The Hall–Kier alpha value is -3.69. The number of urea groups is 1. The average molecular weight is 560 g/mol. The Morgan fingerprint density at radius 3 is 2.11 bits per heavy atom. The summed E-state index contributed by atoms with van der Waals surface area (Å²) in [5.41, 5.74) is 3.50. The van der Waals surface area contributed by atoms with Gasteiger partial charge in [-0.3, -0.25) is 20.0 Å². The summed E-state index contributed by atoms with van der Waals surface area (Å²) in [7, 11) is 3.51. The summed E-state index contributed by atoms with van der Waals surface area (Å²) in [5, 5.41) is 0. The van der Waals surface area contributed by atoms with Gasteiger partial charge in [-0.15, -0.1) is 0 Å². The van der Waals surface area contributed by atoms with Crippen molar-refractivity contribution in [1.29, 1.82) is 0 Å². The van der Waals surface area contributed by atoms with Crippen LogP contribution >= 0.6 is 27.3 Å². The molecule has 1 fully saturated rings. The number of carbonyl (C=O) groups is 1. The Labute approximate surface area is 219 Å². The van der Waals surface area contributed by atoms with Gasteiger partial charge in [0.05, 0.1) is 4.53 Å². The Kier molecular flexibility index (Phi) is 5.17. The van der Waals surface area contributed by atoms with Crippen molar-refractivity contribution in [3.8, 4) is 0 Å². The average Bonchev–Trinajstić information content (AvgIpc) is 3.29. The van der Waals surface area contributed by atoms with Crippen LogP contribution in [-0.4, -0.2) is 34.6 Å². The molecule has 9 heteroatoms. The number of carbonyl (C=O) groups excluding carboxylic acids is 1. The van der Waals surface area contributed by atoms with Gasteiger partial charge >= 0.3 is 6.03 Å². The van der Waals surface area contributed by atoms with Gasteiger partial charge in [-0.05, 0) is 23.8 Å². The van der Waals surface area contributed by atoms with Crippen molar-refractivity contribution < 1.29 is 4.79 Å². The Morgan fingerprint density at radius 2 is 1.47 bits per heavy atom. The minimum Gasteiger partial charge on any atom is -0.295 e. The molecule has 36 heavy (non-hydrogen) atoms. The van der Waals surface area contributed by atoms with Crippen molar-refractivity contribution >= 4 is 39.4 Å². The number of benzene rings is 3. The van der Waals surface area contributed by atoms with E-state index in [1.165, 1.54) is 16.0 Å². The third kappa shape index (κ3) is 2.99. The quantitative estimate of drug-likeness (QED) is 0.418. The van der Waals surface area contributed by atoms with E-state index < -0.39 is 11.3 Å². The molecule has 2 atom stereocenters. The number of thiazole rings is 1. The molecule has 0 radical (unpaired) electrons. The fourth-order valence-corrected chi connectivity index (χ4v) is 6.46. The summed E-state index contributed by atoms with van der Waals surface area (Å²) in [4.78, 5) is 36.3. The first-order chi connectivity index (χ1) is 17.4. The highest BCUT2D eigenvalue weighted by atomic mass is 79.9. The second-order valence-electron chi connectivity index (χ2n) is 8.82. The van der Waals surface area contributed by atoms with Crippen molar-refractivity contribution in [3.05, 3.63) is 126 Å². The molecule has 3 heterocycles. The van der Waals surface area contributed by atoms with Crippen LogP contribution in [0.4, 0.5) is 4.79 Å². The fraction of sp³-hybridized carbons (Fsp3) is 0.148. The number of aromatic nitrogens is 1. The summed E-state index contributed by atoms with van der Waals surface area (Å²) in [6, 6.07) is 27.0. The van der Waals surface area contributed by atoms with Gasteiger partial charge in [0.15, 0.2) is 0 Å². The molecule has 7 nitrogen and oxygen atoms in total. The molecule has 1 aromatic heterocycles. The van der Waals surface area contributed by atoms with E-state index in [1.54, 1.807) is 23.9 Å². The lowest BCUT2D eigenvalue weighted by atomic mass is 9.80. The van der Waals surface area contributed by atoms with Gasteiger partial charge < -0.3 is 0 Å². The van der Waals surface area contributed by atoms with Crippen molar-refractivity contribution in [2.75, 3.05) is 19.5 Å². The Morgan fingerprint density at radius 1 is 0.861 bits per heavy atom. The van der Waals surface area contributed by atoms with Crippen LogP contribution in [0.1, 0.15) is 16.7 Å². The van der Waals surface area contributed by atoms with Gasteiger partial charge in [0.2, 0.25) is 16.1 Å². The fourth-order valence-electron chi connectivity index (χ4n) is 5.23. The zero-order valence-corrected chi connectivity index (χ0v) is 22.0. The maximum absolute atomic E-state index is 13.7. The van der Waals surface area contributed by atoms with Crippen molar-refractivity contribution in [2.24, 2.45) is 4.99 Å². The SMILES string of the molecule is CN1C(=O)N(C)C2(c3ccccc3)Nn3c(s/c(=C/c4ccc(Br)cc4)c3=O)=NC12c1ccccc1. The zero-order chi connectivity index (χ0) is 25.1. The van der Waals surface area contributed by atoms with Gasteiger partial charge in [-0.1, -0.05) is 100 Å². The van der Waals surface area contributed by atoms with E-state index in [2.05, 4.69) is 21.4 Å². The lowest BCUT2D eigenvalue weighted by Gasteiger charge is -2.49. The summed E-state index contributed by atoms with van der Waals surface area (Å²) in [6.07, 6.45) is 1.86. The number of amides is 2. The summed E-state index contributed by atoms with van der Waals surface area (Å²) in [6.45, 7) is 0. The van der Waals surface area contributed by atoms with Crippen LogP contribution in [0.3, 0.4) is 0 Å². The van der Waals surface area contributed by atoms with Crippen molar-refractivity contribution in [2.45, 2.75) is 11.3 Å². The molecule has 0 spiro atoms. The maximum atomic E-state index is 13.7. The van der Waals surface area contributed by atoms with Gasteiger partial charge in [0.1, 0.15) is 0 Å². The molecule has 0 bridgehead atoms. The van der Waals surface area contributed by atoms with Gasteiger partial charge in [-0.2, -0.15) is 4.68 Å². The number of fused-ring (bicyclic) bond motifs is 2. The van der Waals surface area contributed by atoms with Crippen LogP contribution in [0.2, 0.25) is 0 Å². The molecule has 2 aliphatic heterocycles. The third-order valence-corrected chi connectivity index (χ3v) is 8.44. The predicted octanol–water partition coefficient (Wildman–Crippen LogP) is 3.38. The Balaban J connectivity index is 1.70. The highest BCUT2D eigenvalue weighted by Gasteiger charge is 2.69. The van der Waals surface area contributed by atoms with E-state index in [4.69, 9.17) is 4.99 Å². The summed E-state index contributed by atoms with van der Waals surface area (Å²) >= 11 is 4.75. The third-order valence-electron chi connectivity index (χ3n) is 6.94. The van der Waals surface area contributed by atoms with Crippen LogP contribution in [0.25, 0.3) is 6.08 Å². The van der Waals surface area contributed by atoms with Crippen LogP contribution < -0.4 is 20.3 Å². The molecular weight excluding hydrogens is 538 g/mol. The molecule has 4 aromatic rings. The first kappa shape index (κ1) is 22.8. The molecule has 1 N–H and O–H groups in total. The topological polar surface area (TPSA) is 69.9 Å². The van der Waals surface area contributed by atoms with Crippen LogP contribution in [-0.2, 0) is 11.3 Å².